The normalized spacial score (nSPS) is 12.6. The molecule has 1 aromatic heterocycles. The Morgan fingerprint density at radius 1 is 1.28 bits per heavy atom. The lowest BCUT2D eigenvalue weighted by molar-refractivity contribution is 0.174. The summed E-state index contributed by atoms with van der Waals surface area (Å²) in [5, 5.41) is 11.1. The second kappa shape index (κ2) is 4.10. The van der Waals surface area contributed by atoms with Gasteiger partial charge in [0.1, 0.15) is 0 Å². The zero-order chi connectivity index (χ0) is 12.5. The third-order valence-electron chi connectivity index (χ3n) is 2.55. The van der Waals surface area contributed by atoms with Crippen molar-refractivity contribution in [2.75, 3.05) is 31.1 Å². The summed E-state index contributed by atoms with van der Waals surface area (Å²) in [5.74, 6) is 2.66. The second-order valence-corrected chi connectivity index (χ2v) is 4.06. The van der Waals surface area contributed by atoms with Gasteiger partial charge in [-0.3, -0.25) is 4.98 Å². The first-order valence-corrected chi connectivity index (χ1v) is 5.49. The van der Waals surface area contributed by atoms with Gasteiger partial charge in [0.05, 0.1) is 5.69 Å². The van der Waals surface area contributed by atoms with E-state index in [-0.39, 0.29) is 6.79 Å². The summed E-state index contributed by atoms with van der Waals surface area (Å²) >= 11 is 0. The van der Waals surface area contributed by atoms with E-state index < -0.39 is 0 Å². The van der Waals surface area contributed by atoms with Crippen LogP contribution in [-0.2, 0) is 0 Å². The fraction of sp³-hybridized carbons (Fsp3) is 0.273. The van der Waals surface area contributed by atoms with Gasteiger partial charge in [0.2, 0.25) is 18.7 Å². The first-order valence-electron chi connectivity index (χ1n) is 5.49. The van der Waals surface area contributed by atoms with Crippen LogP contribution in [0.15, 0.2) is 18.2 Å². The molecule has 1 aliphatic rings. The average molecular weight is 247 g/mol. The minimum atomic E-state index is 0.243. The van der Waals surface area contributed by atoms with Gasteiger partial charge in [-0.25, -0.2) is 0 Å². The van der Waals surface area contributed by atoms with Crippen molar-refractivity contribution in [3.63, 3.8) is 0 Å². The third-order valence-corrected chi connectivity index (χ3v) is 2.55. The molecule has 1 aliphatic heterocycles. The van der Waals surface area contributed by atoms with Crippen LogP contribution in [0.25, 0.3) is 0 Å². The van der Waals surface area contributed by atoms with Crippen LogP contribution in [-0.4, -0.2) is 36.1 Å². The van der Waals surface area contributed by atoms with E-state index in [1.54, 1.807) is 0 Å². The molecule has 7 nitrogen and oxygen atoms in total. The van der Waals surface area contributed by atoms with E-state index in [4.69, 9.17) is 9.47 Å². The molecule has 3 rings (SSSR count). The topological polar surface area (TPSA) is 75.3 Å². The highest BCUT2D eigenvalue weighted by molar-refractivity contribution is 5.68. The fourth-order valence-corrected chi connectivity index (χ4v) is 1.67. The Labute approximate surface area is 104 Å². The Morgan fingerprint density at radius 2 is 2.17 bits per heavy atom. The summed E-state index contributed by atoms with van der Waals surface area (Å²) < 4.78 is 10.7. The predicted octanol–water partition coefficient (Wildman–Crippen LogP) is 1.34. The lowest BCUT2D eigenvalue weighted by Gasteiger charge is -2.07. The molecule has 0 saturated carbocycles. The number of benzene rings is 1. The fourth-order valence-electron chi connectivity index (χ4n) is 1.67. The van der Waals surface area contributed by atoms with Crippen molar-refractivity contribution in [1.29, 1.82) is 0 Å². The SMILES string of the molecule is CN(C)c1nnc(Nc2cccc3c2OCO3)[nH]1. The number of aromatic amines is 1. The van der Waals surface area contributed by atoms with Crippen LogP contribution in [0.1, 0.15) is 0 Å². The number of hydrogen-bond acceptors (Lipinski definition) is 6. The average Bonchev–Trinajstić information content (AvgIpc) is 2.97. The number of para-hydroxylation sites is 1. The number of aromatic nitrogens is 3. The zero-order valence-electron chi connectivity index (χ0n) is 10.1. The number of ether oxygens (including phenoxy) is 2. The molecule has 2 N–H and O–H groups in total. The molecule has 0 atom stereocenters. The zero-order valence-corrected chi connectivity index (χ0v) is 10.1. The van der Waals surface area contributed by atoms with Gasteiger partial charge < -0.3 is 19.7 Å². The van der Waals surface area contributed by atoms with Crippen LogP contribution in [0.4, 0.5) is 17.6 Å². The van der Waals surface area contributed by atoms with E-state index >= 15 is 0 Å². The Hall–Kier alpha value is -2.44. The maximum absolute atomic E-state index is 5.40. The minimum Gasteiger partial charge on any atom is -0.454 e. The van der Waals surface area contributed by atoms with Gasteiger partial charge in [0.25, 0.3) is 0 Å². The minimum absolute atomic E-state index is 0.243. The highest BCUT2D eigenvalue weighted by Gasteiger charge is 2.18. The first-order chi connectivity index (χ1) is 8.74. The molecule has 18 heavy (non-hydrogen) atoms. The highest BCUT2D eigenvalue weighted by atomic mass is 16.7. The molecule has 2 heterocycles. The summed E-state index contributed by atoms with van der Waals surface area (Å²) in [6.07, 6.45) is 0. The molecule has 0 radical (unpaired) electrons. The molecule has 7 heteroatoms. The maximum atomic E-state index is 5.40. The molecule has 0 spiro atoms. The van der Waals surface area contributed by atoms with Gasteiger partial charge in [-0.15, -0.1) is 10.2 Å². The van der Waals surface area contributed by atoms with Crippen molar-refractivity contribution in [2.45, 2.75) is 0 Å². The number of hydrogen-bond donors (Lipinski definition) is 2. The van der Waals surface area contributed by atoms with Gasteiger partial charge in [-0.1, -0.05) is 6.07 Å². The Balaban J connectivity index is 1.86. The van der Waals surface area contributed by atoms with Crippen molar-refractivity contribution in [2.24, 2.45) is 0 Å². The molecule has 0 aliphatic carbocycles. The molecule has 1 aromatic carbocycles. The van der Waals surface area contributed by atoms with Crippen molar-refractivity contribution >= 4 is 17.6 Å². The van der Waals surface area contributed by atoms with Gasteiger partial charge in [0, 0.05) is 14.1 Å². The monoisotopic (exact) mass is 247 g/mol. The van der Waals surface area contributed by atoms with E-state index in [2.05, 4.69) is 20.5 Å². The van der Waals surface area contributed by atoms with Crippen LogP contribution < -0.4 is 19.7 Å². The standard InChI is InChI=1S/C11H13N5O2/c1-16(2)11-13-10(14-15-11)12-7-4-3-5-8-9(7)18-6-17-8/h3-5H,6H2,1-2H3,(H2,12,13,14,15). The molecule has 0 bridgehead atoms. The van der Waals surface area contributed by atoms with E-state index in [0.29, 0.717) is 17.6 Å². The van der Waals surface area contributed by atoms with Crippen LogP contribution in [0, 0.1) is 0 Å². The number of rotatable bonds is 3. The quantitative estimate of drug-likeness (QED) is 0.852. The maximum Gasteiger partial charge on any atom is 0.231 e. The highest BCUT2D eigenvalue weighted by Crippen LogP contribution is 2.39. The summed E-state index contributed by atoms with van der Waals surface area (Å²) in [4.78, 5) is 4.89. The van der Waals surface area contributed by atoms with E-state index in [0.717, 1.165) is 11.4 Å². The number of nitrogens with one attached hydrogen (secondary N) is 2. The van der Waals surface area contributed by atoms with Gasteiger partial charge in [-0.2, -0.15) is 0 Å². The number of H-pyrrole nitrogens is 1. The number of anilines is 3. The molecule has 0 fully saturated rings. The molecule has 0 saturated heterocycles. The molecular formula is C11H13N5O2. The van der Waals surface area contributed by atoms with Crippen molar-refractivity contribution < 1.29 is 9.47 Å². The summed E-state index contributed by atoms with van der Waals surface area (Å²) in [7, 11) is 3.78. The second-order valence-electron chi connectivity index (χ2n) is 4.06. The molecule has 0 amide bonds. The van der Waals surface area contributed by atoms with Crippen LogP contribution in [0.5, 0.6) is 11.5 Å². The Bertz CT molecular complexity index is 566. The molecule has 94 valence electrons. The lowest BCUT2D eigenvalue weighted by Crippen LogP contribution is -2.10. The Kier molecular flexibility index (Phi) is 2.44. The smallest absolute Gasteiger partial charge is 0.231 e. The third kappa shape index (κ3) is 1.79. The molecule has 0 unspecified atom stereocenters. The Morgan fingerprint density at radius 3 is 2.94 bits per heavy atom. The number of fused-ring (bicyclic) bond motifs is 1. The molecular weight excluding hydrogens is 234 g/mol. The largest absolute Gasteiger partial charge is 0.454 e. The van der Waals surface area contributed by atoms with Crippen molar-refractivity contribution in [3.05, 3.63) is 18.2 Å². The van der Waals surface area contributed by atoms with E-state index in [1.165, 1.54) is 0 Å². The van der Waals surface area contributed by atoms with Crippen molar-refractivity contribution in [1.82, 2.24) is 15.2 Å². The predicted molar refractivity (Wildman–Crippen MR) is 66.6 cm³/mol. The van der Waals surface area contributed by atoms with Crippen molar-refractivity contribution in [3.8, 4) is 11.5 Å². The van der Waals surface area contributed by atoms with Crippen LogP contribution >= 0.6 is 0 Å². The van der Waals surface area contributed by atoms with E-state index in [1.807, 2.05) is 37.2 Å². The molecule has 2 aromatic rings. The van der Waals surface area contributed by atoms with Gasteiger partial charge >= 0.3 is 0 Å². The summed E-state index contributed by atoms with van der Waals surface area (Å²) in [6, 6.07) is 5.64. The first kappa shape index (κ1) is 10.7. The van der Waals surface area contributed by atoms with Crippen LogP contribution in [0.2, 0.25) is 0 Å². The summed E-state index contributed by atoms with van der Waals surface area (Å²) in [6.45, 7) is 0.243. The number of nitrogens with zero attached hydrogens (tertiary/aromatic N) is 3. The van der Waals surface area contributed by atoms with Crippen LogP contribution in [0.3, 0.4) is 0 Å². The van der Waals surface area contributed by atoms with Gasteiger partial charge in [0.15, 0.2) is 11.5 Å². The lowest BCUT2D eigenvalue weighted by atomic mass is 10.3. The summed E-state index contributed by atoms with van der Waals surface area (Å²) in [5.41, 5.74) is 0.798. The van der Waals surface area contributed by atoms with Gasteiger partial charge in [-0.05, 0) is 12.1 Å². The van der Waals surface area contributed by atoms with E-state index in [9.17, 15) is 0 Å².